The number of rotatable bonds is 9. The van der Waals surface area contributed by atoms with E-state index >= 15 is 0 Å². The van der Waals surface area contributed by atoms with Gasteiger partial charge in [-0.2, -0.15) is 0 Å². The molecule has 0 radical (unpaired) electrons. The fourth-order valence-electron chi connectivity index (χ4n) is 11.3. The van der Waals surface area contributed by atoms with E-state index < -0.39 is 23.8 Å². The standard InChI is InChI=1S/C47H53ClN10O6/c1-49-39-5-3-34(23-38(39)48)64-35-20-30-27-57(28-31(30)21-35)47(63)40-24-51-42(25-50-40)56-12-8-29(9-13-56)26-53-16-18-55(19-17-53)32-10-14-54(15-11-32)33-2-4-36-37(22-33)46(62)58(45(36)61)41-6-7-43(59)52-44(41)60/h2-5,22-25,29-32,35,41H,6-21,26-28H2,(H,52,59,60)/t30-,31+,35?,41?. The van der Waals surface area contributed by atoms with Crippen molar-refractivity contribution in [3.8, 4) is 5.75 Å². The first-order valence-electron chi connectivity index (χ1n) is 22.9. The first-order chi connectivity index (χ1) is 31.1. The first kappa shape index (κ1) is 42.3. The number of amides is 5. The van der Waals surface area contributed by atoms with E-state index in [1.165, 1.54) is 0 Å². The molecule has 334 valence electrons. The predicted molar refractivity (Wildman–Crippen MR) is 238 cm³/mol. The van der Waals surface area contributed by atoms with Crippen molar-refractivity contribution in [2.24, 2.45) is 17.8 Å². The Bertz CT molecular complexity index is 2360. The number of carbonyl (C=O) groups is 5. The molecule has 2 unspecified atom stereocenters. The van der Waals surface area contributed by atoms with E-state index in [2.05, 4.69) is 34.7 Å². The average Bonchev–Trinajstić information content (AvgIpc) is 3.96. The summed E-state index contributed by atoms with van der Waals surface area (Å²) in [5.41, 5.74) is 2.35. The fourth-order valence-corrected chi connectivity index (χ4v) is 11.5. The Hall–Kier alpha value is -5.63. The van der Waals surface area contributed by atoms with Crippen molar-refractivity contribution in [1.29, 1.82) is 0 Å². The van der Waals surface area contributed by atoms with Gasteiger partial charge in [-0.3, -0.25) is 39.1 Å². The Morgan fingerprint density at radius 2 is 1.53 bits per heavy atom. The number of halogens is 1. The number of imide groups is 2. The van der Waals surface area contributed by atoms with Crippen LogP contribution >= 0.6 is 11.6 Å². The third-order valence-electron chi connectivity index (χ3n) is 14.8. The number of benzene rings is 2. The molecule has 7 aliphatic rings. The molecule has 2 aromatic carbocycles. The smallest absolute Gasteiger partial charge is 0.274 e. The van der Waals surface area contributed by atoms with E-state index in [1.54, 1.807) is 42.7 Å². The molecule has 1 aliphatic carbocycles. The molecule has 6 aliphatic heterocycles. The molecular formula is C47H53ClN10O6. The molecule has 1 saturated carbocycles. The highest BCUT2D eigenvalue weighted by Gasteiger charge is 2.46. The molecule has 0 bridgehead atoms. The molecular weight excluding hydrogens is 836 g/mol. The van der Waals surface area contributed by atoms with Crippen LogP contribution < -0.4 is 19.9 Å². The van der Waals surface area contributed by atoms with Crippen LogP contribution in [0.2, 0.25) is 5.02 Å². The van der Waals surface area contributed by atoms with E-state index in [0.29, 0.717) is 70.2 Å². The van der Waals surface area contributed by atoms with Crippen LogP contribution in [0.4, 0.5) is 17.2 Å². The van der Waals surface area contributed by atoms with Crippen molar-refractivity contribution in [3.63, 3.8) is 0 Å². The molecule has 1 N–H and O–H groups in total. The molecule has 7 heterocycles. The Kier molecular flexibility index (Phi) is 11.7. The highest BCUT2D eigenvalue weighted by Crippen LogP contribution is 2.41. The molecule has 5 amide bonds. The van der Waals surface area contributed by atoms with E-state index in [-0.39, 0.29) is 30.8 Å². The number of fused-ring (bicyclic) bond motifs is 2. The average molecular weight is 889 g/mol. The monoisotopic (exact) mass is 888 g/mol. The van der Waals surface area contributed by atoms with Crippen LogP contribution in [-0.4, -0.2) is 149 Å². The zero-order chi connectivity index (χ0) is 44.1. The van der Waals surface area contributed by atoms with Crippen molar-refractivity contribution in [2.45, 2.75) is 69.6 Å². The third kappa shape index (κ3) is 8.41. The van der Waals surface area contributed by atoms with Gasteiger partial charge in [0.05, 0.1) is 41.2 Å². The summed E-state index contributed by atoms with van der Waals surface area (Å²) >= 11 is 6.21. The summed E-state index contributed by atoms with van der Waals surface area (Å²) in [6, 6.07) is 10.1. The lowest BCUT2D eigenvalue weighted by atomic mass is 9.95. The number of piperazine rings is 1. The van der Waals surface area contributed by atoms with Crippen LogP contribution in [0.1, 0.15) is 82.6 Å². The van der Waals surface area contributed by atoms with Crippen LogP contribution in [0.15, 0.2) is 48.8 Å². The molecule has 0 spiro atoms. The van der Waals surface area contributed by atoms with E-state index in [0.717, 1.165) is 114 Å². The minimum absolute atomic E-state index is 0.0622. The van der Waals surface area contributed by atoms with Gasteiger partial charge in [0.1, 0.15) is 23.3 Å². The number of hydrogen-bond donors (Lipinski definition) is 1. The van der Waals surface area contributed by atoms with Gasteiger partial charge in [-0.15, -0.1) is 0 Å². The van der Waals surface area contributed by atoms with Crippen molar-refractivity contribution in [3.05, 3.63) is 82.1 Å². The van der Waals surface area contributed by atoms with Gasteiger partial charge < -0.3 is 24.3 Å². The number of piperidine rings is 3. The number of ether oxygens (including phenoxy) is 1. The summed E-state index contributed by atoms with van der Waals surface area (Å²) in [6.07, 6.45) is 9.71. The number of anilines is 2. The van der Waals surface area contributed by atoms with E-state index in [4.69, 9.17) is 27.9 Å². The van der Waals surface area contributed by atoms with E-state index in [9.17, 15) is 24.0 Å². The highest BCUT2D eigenvalue weighted by atomic mass is 35.5. The summed E-state index contributed by atoms with van der Waals surface area (Å²) in [4.78, 5) is 89.6. The zero-order valence-corrected chi connectivity index (χ0v) is 36.6. The fraction of sp³-hybridized carbons (Fsp3) is 0.532. The van der Waals surface area contributed by atoms with Crippen LogP contribution in [0, 0.1) is 24.3 Å². The van der Waals surface area contributed by atoms with Gasteiger partial charge in [0.15, 0.2) is 0 Å². The van der Waals surface area contributed by atoms with Gasteiger partial charge in [-0.1, -0.05) is 17.7 Å². The number of nitrogens with zero attached hydrogens (tertiary/aromatic N) is 9. The minimum atomic E-state index is -0.965. The number of likely N-dealkylation sites (tertiary alicyclic amines) is 1. The topological polar surface area (TPSA) is 156 Å². The molecule has 64 heavy (non-hydrogen) atoms. The maximum Gasteiger partial charge on any atom is 0.274 e. The second-order valence-electron chi connectivity index (χ2n) is 18.6. The van der Waals surface area contributed by atoms with Gasteiger partial charge in [0.2, 0.25) is 17.5 Å². The Labute approximate surface area is 377 Å². The second kappa shape index (κ2) is 17.7. The SMILES string of the molecule is [C-]#[N+]c1ccc(OC2C[C@@H]3CN(C(=O)c4cnc(N5CCC(CN6CCN(C7CCN(c8ccc9c(c8)C(=O)N(C8CCC(=O)NC8=O)C9=O)CC7)CC6)CC5)cn4)C[C@@H]3C2)cc1Cl. The summed E-state index contributed by atoms with van der Waals surface area (Å²) in [6.45, 7) is 17.5. The molecule has 3 aromatic rings. The Morgan fingerprint density at radius 1 is 0.812 bits per heavy atom. The van der Waals surface area contributed by atoms with Crippen LogP contribution in [0.25, 0.3) is 4.85 Å². The lowest BCUT2D eigenvalue weighted by molar-refractivity contribution is -0.136. The predicted octanol–water partition coefficient (Wildman–Crippen LogP) is 4.51. The molecule has 1 aromatic heterocycles. The van der Waals surface area contributed by atoms with Crippen molar-refractivity contribution in [2.75, 3.05) is 81.8 Å². The summed E-state index contributed by atoms with van der Waals surface area (Å²) < 4.78 is 6.21. The first-order valence-corrected chi connectivity index (χ1v) is 23.2. The van der Waals surface area contributed by atoms with E-state index in [1.807, 2.05) is 11.0 Å². The second-order valence-corrected chi connectivity index (χ2v) is 19.0. The normalized spacial score (nSPS) is 26.0. The van der Waals surface area contributed by atoms with Crippen molar-refractivity contribution in [1.82, 2.24) is 34.9 Å². The minimum Gasteiger partial charge on any atom is -0.490 e. The number of hydrogen-bond acceptors (Lipinski definition) is 12. The molecule has 4 atom stereocenters. The number of nitrogens with one attached hydrogen (secondary N) is 1. The van der Waals surface area contributed by atoms with Gasteiger partial charge in [0.25, 0.3) is 17.7 Å². The molecule has 10 rings (SSSR count). The quantitative estimate of drug-likeness (QED) is 0.237. The maximum absolute atomic E-state index is 13.5. The van der Waals surface area contributed by atoms with Crippen LogP contribution in [0.3, 0.4) is 0 Å². The molecule has 5 saturated heterocycles. The van der Waals surface area contributed by atoms with Crippen molar-refractivity contribution < 1.29 is 28.7 Å². The summed E-state index contributed by atoms with van der Waals surface area (Å²) in [7, 11) is 0. The lowest BCUT2D eigenvalue weighted by Crippen LogP contribution is -2.54. The number of aromatic nitrogens is 2. The summed E-state index contributed by atoms with van der Waals surface area (Å²) in [5, 5.41) is 2.65. The van der Waals surface area contributed by atoms with Gasteiger partial charge in [0, 0.05) is 90.1 Å². The zero-order valence-electron chi connectivity index (χ0n) is 35.9. The van der Waals surface area contributed by atoms with Gasteiger partial charge in [-0.25, -0.2) is 14.8 Å². The molecule has 17 heteroatoms. The summed E-state index contributed by atoms with van der Waals surface area (Å²) in [5.74, 6) is 0.909. The highest BCUT2D eigenvalue weighted by molar-refractivity contribution is 6.33. The maximum atomic E-state index is 13.5. The van der Waals surface area contributed by atoms with Gasteiger partial charge >= 0.3 is 0 Å². The molecule has 16 nitrogen and oxygen atoms in total. The van der Waals surface area contributed by atoms with Gasteiger partial charge in [-0.05, 0) is 93.0 Å². The number of carbonyl (C=O) groups excluding carboxylic acids is 5. The van der Waals surface area contributed by atoms with Crippen LogP contribution in [0.5, 0.6) is 5.75 Å². The molecule has 6 fully saturated rings. The van der Waals surface area contributed by atoms with Crippen molar-refractivity contribution >= 4 is 58.3 Å². The lowest BCUT2D eigenvalue weighted by Gasteiger charge is -2.44. The van der Waals surface area contributed by atoms with Crippen LogP contribution in [-0.2, 0) is 9.59 Å². The largest absolute Gasteiger partial charge is 0.490 e. The third-order valence-corrected chi connectivity index (χ3v) is 15.1. The Morgan fingerprint density at radius 3 is 2.20 bits per heavy atom. The Balaban J connectivity index is 0.631.